The van der Waals surface area contributed by atoms with Gasteiger partial charge in [0.05, 0.1) is 6.10 Å². The molecule has 0 aromatic rings. The summed E-state index contributed by atoms with van der Waals surface area (Å²) in [6.07, 6.45) is -0.373. The van der Waals surface area contributed by atoms with Crippen LogP contribution in [0.5, 0.6) is 0 Å². The second-order valence-corrected chi connectivity index (χ2v) is 3.29. The largest absolute Gasteiger partial charge is 0.391 e. The first-order valence-electron chi connectivity index (χ1n) is 3.10. The number of nitrogens with one attached hydrogen (secondary N) is 1. The predicted molar refractivity (Wildman–Crippen MR) is 37.7 cm³/mol. The Kier molecular flexibility index (Phi) is 3.11. The summed E-state index contributed by atoms with van der Waals surface area (Å²) < 4.78 is 0. The third-order valence-electron chi connectivity index (χ3n) is 1.31. The molecular weight excluding hydrogens is 116 g/mol. The lowest BCUT2D eigenvalue weighted by molar-refractivity contribution is 0.0632. The van der Waals surface area contributed by atoms with Crippen molar-refractivity contribution in [3.05, 3.63) is 0 Å². The zero-order valence-corrected chi connectivity index (χ0v) is 6.31. The van der Waals surface area contributed by atoms with Crippen LogP contribution in [-0.4, -0.2) is 17.8 Å². The highest BCUT2D eigenvalue weighted by atomic mass is 16.3. The second kappa shape index (κ2) is 3.15. The van der Waals surface area contributed by atoms with Crippen LogP contribution in [0.1, 0.15) is 20.8 Å². The molecule has 0 fully saturated rings. The molecule has 0 rings (SSSR count). The maximum Gasteiger partial charge on any atom is 0.0726 e. The number of aliphatic hydroxyl groups is 1. The predicted octanol–water partition coefficient (Wildman–Crippen LogP) is -0.143. The molecule has 0 aliphatic heterocycles. The molecule has 0 amide bonds. The Morgan fingerprint density at radius 3 is 2.11 bits per heavy atom. The minimum absolute atomic E-state index is 0.0770. The molecule has 4 N–H and O–H groups in total. The van der Waals surface area contributed by atoms with Gasteiger partial charge in [-0.05, 0) is 5.41 Å². The van der Waals surface area contributed by atoms with E-state index in [4.69, 9.17) is 5.84 Å². The molecule has 0 spiro atoms. The van der Waals surface area contributed by atoms with Gasteiger partial charge in [-0.3, -0.25) is 11.3 Å². The maximum absolute atomic E-state index is 9.24. The summed E-state index contributed by atoms with van der Waals surface area (Å²) in [7, 11) is 0. The molecule has 3 heteroatoms. The monoisotopic (exact) mass is 132 g/mol. The fourth-order valence-corrected chi connectivity index (χ4v) is 0.418. The molecule has 0 radical (unpaired) electrons. The van der Waals surface area contributed by atoms with Crippen molar-refractivity contribution < 1.29 is 5.11 Å². The van der Waals surface area contributed by atoms with E-state index in [-0.39, 0.29) is 11.5 Å². The SMILES string of the molecule is CC(C)(C)C(O)CNN. The highest BCUT2D eigenvalue weighted by molar-refractivity contribution is 4.73. The van der Waals surface area contributed by atoms with Gasteiger partial charge in [-0.25, -0.2) is 0 Å². The van der Waals surface area contributed by atoms with Gasteiger partial charge in [0.1, 0.15) is 0 Å². The summed E-state index contributed by atoms with van der Waals surface area (Å²) in [6.45, 7) is 6.35. The molecule has 0 aliphatic rings. The fourth-order valence-electron chi connectivity index (χ4n) is 0.418. The fraction of sp³-hybridized carbons (Fsp3) is 1.00. The molecule has 3 nitrogen and oxygen atoms in total. The number of hydrazine groups is 1. The van der Waals surface area contributed by atoms with Gasteiger partial charge < -0.3 is 5.11 Å². The van der Waals surface area contributed by atoms with Crippen LogP contribution in [0.15, 0.2) is 0 Å². The van der Waals surface area contributed by atoms with Crippen LogP contribution in [0.25, 0.3) is 0 Å². The topological polar surface area (TPSA) is 58.3 Å². The van der Waals surface area contributed by atoms with Gasteiger partial charge in [0.2, 0.25) is 0 Å². The van der Waals surface area contributed by atoms with Crippen molar-refractivity contribution in [2.75, 3.05) is 6.54 Å². The number of aliphatic hydroxyl groups excluding tert-OH is 1. The van der Waals surface area contributed by atoms with Gasteiger partial charge in [0, 0.05) is 6.54 Å². The van der Waals surface area contributed by atoms with Gasteiger partial charge in [-0.15, -0.1) is 0 Å². The van der Waals surface area contributed by atoms with Crippen LogP contribution in [-0.2, 0) is 0 Å². The van der Waals surface area contributed by atoms with Gasteiger partial charge in [0.25, 0.3) is 0 Å². The molecule has 0 saturated carbocycles. The Labute approximate surface area is 56.2 Å². The summed E-state index contributed by atoms with van der Waals surface area (Å²) in [5.74, 6) is 5.02. The van der Waals surface area contributed by atoms with Crippen molar-refractivity contribution in [2.45, 2.75) is 26.9 Å². The zero-order chi connectivity index (χ0) is 7.49. The highest BCUT2D eigenvalue weighted by Crippen LogP contribution is 2.17. The van der Waals surface area contributed by atoms with Crippen LogP contribution in [0.3, 0.4) is 0 Å². The first-order valence-corrected chi connectivity index (χ1v) is 3.10. The zero-order valence-electron chi connectivity index (χ0n) is 6.31. The minimum atomic E-state index is -0.373. The lowest BCUT2D eigenvalue weighted by atomic mass is 9.89. The number of rotatable bonds is 2. The quantitative estimate of drug-likeness (QED) is 0.362. The van der Waals surface area contributed by atoms with Crippen molar-refractivity contribution >= 4 is 0 Å². The smallest absolute Gasteiger partial charge is 0.0726 e. The van der Waals surface area contributed by atoms with E-state index in [0.29, 0.717) is 6.54 Å². The number of nitrogens with two attached hydrogens (primary N) is 1. The van der Waals surface area contributed by atoms with Crippen molar-refractivity contribution in [1.82, 2.24) is 5.43 Å². The molecule has 9 heavy (non-hydrogen) atoms. The van der Waals surface area contributed by atoms with Crippen LogP contribution in [0.2, 0.25) is 0 Å². The Balaban J connectivity index is 3.59. The third-order valence-corrected chi connectivity index (χ3v) is 1.31. The lowest BCUT2D eigenvalue weighted by Gasteiger charge is -2.24. The Bertz CT molecular complexity index is 77.6. The third kappa shape index (κ3) is 3.46. The molecule has 0 heterocycles. The van der Waals surface area contributed by atoms with Gasteiger partial charge in [-0.2, -0.15) is 0 Å². The molecular formula is C6H16N2O. The standard InChI is InChI=1S/C6H16N2O/c1-6(2,3)5(9)4-8-7/h5,8-9H,4,7H2,1-3H3. The Morgan fingerprint density at radius 1 is 1.56 bits per heavy atom. The first kappa shape index (κ1) is 8.88. The molecule has 0 aromatic heterocycles. The van der Waals surface area contributed by atoms with Gasteiger partial charge >= 0.3 is 0 Å². The first-order chi connectivity index (χ1) is 3.98. The summed E-state index contributed by atoms with van der Waals surface area (Å²) in [5, 5.41) is 9.24. The molecule has 0 bridgehead atoms. The number of hydrogen-bond donors (Lipinski definition) is 3. The van der Waals surface area contributed by atoms with E-state index in [1.54, 1.807) is 0 Å². The summed E-state index contributed by atoms with van der Waals surface area (Å²) in [4.78, 5) is 0. The summed E-state index contributed by atoms with van der Waals surface area (Å²) in [5.41, 5.74) is 2.35. The van der Waals surface area contributed by atoms with Crippen molar-refractivity contribution in [3.8, 4) is 0 Å². The van der Waals surface area contributed by atoms with E-state index in [0.717, 1.165) is 0 Å². The van der Waals surface area contributed by atoms with Crippen LogP contribution < -0.4 is 11.3 Å². The normalized spacial score (nSPS) is 15.7. The van der Waals surface area contributed by atoms with Gasteiger partial charge in [-0.1, -0.05) is 20.8 Å². The molecule has 0 saturated heterocycles. The molecule has 56 valence electrons. The maximum atomic E-state index is 9.24. The molecule has 1 unspecified atom stereocenters. The molecule has 1 atom stereocenters. The van der Waals surface area contributed by atoms with Gasteiger partial charge in [0.15, 0.2) is 0 Å². The number of hydrogen-bond acceptors (Lipinski definition) is 3. The van der Waals surface area contributed by atoms with Crippen molar-refractivity contribution in [1.29, 1.82) is 0 Å². The average molecular weight is 132 g/mol. The summed E-state index contributed by atoms with van der Waals surface area (Å²) in [6, 6.07) is 0. The van der Waals surface area contributed by atoms with Crippen LogP contribution in [0, 0.1) is 5.41 Å². The van der Waals surface area contributed by atoms with E-state index in [1.807, 2.05) is 20.8 Å². The van der Waals surface area contributed by atoms with E-state index in [9.17, 15) is 5.11 Å². The van der Waals surface area contributed by atoms with Crippen LogP contribution in [0.4, 0.5) is 0 Å². The van der Waals surface area contributed by atoms with Crippen LogP contribution >= 0.6 is 0 Å². The van der Waals surface area contributed by atoms with E-state index >= 15 is 0 Å². The Morgan fingerprint density at radius 2 is 2.00 bits per heavy atom. The van der Waals surface area contributed by atoms with E-state index < -0.39 is 0 Å². The highest BCUT2D eigenvalue weighted by Gasteiger charge is 2.20. The Hall–Kier alpha value is -0.120. The minimum Gasteiger partial charge on any atom is -0.391 e. The second-order valence-electron chi connectivity index (χ2n) is 3.29. The van der Waals surface area contributed by atoms with E-state index in [2.05, 4.69) is 5.43 Å². The molecule has 0 aliphatic carbocycles. The lowest BCUT2D eigenvalue weighted by Crippen LogP contribution is -2.39. The molecule has 0 aromatic carbocycles. The van der Waals surface area contributed by atoms with E-state index in [1.165, 1.54) is 0 Å². The average Bonchev–Trinajstić information content (AvgIpc) is 1.64. The summed E-state index contributed by atoms with van der Waals surface area (Å²) >= 11 is 0. The van der Waals surface area contributed by atoms with Crippen molar-refractivity contribution in [2.24, 2.45) is 11.3 Å². The van der Waals surface area contributed by atoms with Crippen molar-refractivity contribution in [3.63, 3.8) is 0 Å².